The molecule has 0 radical (unpaired) electrons. The lowest BCUT2D eigenvalue weighted by Gasteiger charge is -2.19. The number of anilines is 1. The topological polar surface area (TPSA) is 99.7 Å². The Balaban J connectivity index is 1.70. The molecule has 2 aromatic rings. The number of nitrogens with one attached hydrogen (secondary N) is 3. The molecule has 28 heavy (non-hydrogen) atoms. The van der Waals surface area contributed by atoms with Crippen molar-refractivity contribution in [2.24, 2.45) is 5.92 Å². The number of benzene rings is 2. The lowest BCUT2D eigenvalue weighted by molar-refractivity contribution is -0.122. The van der Waals surface area contributed by atoms with E-state index in [0.717, 1.165) is 12.1 Å². The molecule has 1 heterocycles. The quantitative estimate of drug-likeness (QED) is 0.629. The number of ether oxygens (including phenoxy) is 1. The molecular formula is C19H19F2N3O4. The number of aromatic hydroxyl groups is 1. The second-order valence-corrected chi connectivity index (χ2v) is 6.35. The van der Waals surface area contributed by atoms with Gasteiger partial charge in [0.05, 0.1) is 13.0 Å². The number of phenolic OH excluding ortho intramolecular Hbond substituents is 1. The van der Waals surface area contributed by atoms with Crippen molar-refractivity contribution < 1.29 is 28.2 Å². The van der Waals surface area contributed by atoms with Gasteiger partial charge in [0.25, 0.3) is 0 Å². The molecule has 7 nitrogen and oxygen atoms in total. The average Bonchev–Trinajstić information content (AvgIpc) is 2.99. The van der Waals surface area contributed by atoms with Gasteiger partial charge in [-0.1, -0.05) is 6.07 Å². The zero-order valence-corrected chi connectivity index (χ0v) is 15.0. The van der Waals surface area contributed by atoms with Crippen molar-refractivity contribution in [2.45, 2.75) is 5.92 Å². The fourth-order valence-corrected chi connectivity index (χ4v) is 3.20. The van der Waals surface area contributed by atoms with E-state index in [9.17, 15) is 23.5 Å². The van der Waals surface area contributed by atoms with Crippen molar-refractivity contribution in [2.75, 3.05) is 25.5 Å². The van der Waals surface area contributed by atoms with Gasteiger partial charge >= 0.3 is 6.03 Å². The van der Waals surface area contributed by atoms with Gasteiger partial charge in [-0.25, -0.2) is 13.6 Å². The minimum absolute atomic E-state index is 0.0153. The molecule has 0 aromatic heterocycles. The van der Waals surface area contributed by atoms with Gasteiger partial charge in [-0.3, -0.25) is 4.79 Å². The molecule has 1 fully saturated rings. The molecule has 9 heteroatoms. The van der Waals surface area contributed by atoms with Crippen LogP contribution in [0.15, 0.2) is 36.4 Å². The van der Waals surface area contributed by atoms with Crippen LogP contribution in [-0.2, 0) is 4.79 Å². The number of phenols is 1. The normalized spacial score (nSPS) is 18.5. The minimum Gasteiger partial charge on any atom is -0.508 e. The fraction of sp³-hybridized carbons (Fsp3) is 0.263. The van der Waals surface area contributed by atoms with Gasteiger partial charge in [0.2, 0.25) is 5.91 Å². The van der Waals surface area contributed by atoms with Gasteiger partial charge in [-0.2, -0.15) is 0 Å². The number of rotatable bonds is 5. The number of methoxy groups -OCH3 is 1. The van der Waals surface area contributed by atoms with Crippen LogP contribution in [0.5, 0.6) is 11.5 Å². The highest BCUT2D eigenvalue weighted by atomic mass is 19.1. The Hall–Kier alpha value is -3.36. The number of carbonyl (C=O) groups excluding carboxylic acids is 2. The lowest BCUT2D eigenvalue weighted by atomic mass is 9.87. The second-order valence-electron chi connectivity index (χ2n) is 6.35. The largest absolute Gasteiger partial charge is 0.508 e. The highest BCUT2D eigenvalue weighted by Crippen LogP contribution is 2.34. The molecule has 2 atom stereocenters. The van der Waals surface area contributed by atoms with Crippen molar-refractivity contribution in [1.29, 1.82) is 0 Å². The summed E-state index contributed by atoms with van der Waals surface area (Å²) < 4.78 is 33.6. The Morgan fingerprint density at radius 1 is 1.29 bits per heavy atom. The monoisotopic (exact) mass is 391 g/mol. The van der Waals surface area contributed by atoms with Gasteiger partial charge in [-0.05, 0) is 12.1 Å². The molecule has 0 aliphatic carbocycles. The van der Waals surface area contributed by atoms with Crippen LogP contribution in [0.3, 0.4) is 0 Å². The van der Waals surface area contributed by atoms with E-state index in [-0.39, 0.29) is 30.2 Å². The van der Waals surface area contributed by atoms with Crippen LogP contribution in [-0.4, -0.2) is 37.2 Å². The van der Waals surface area contributed by atoms with E-state index in [4.69, 9.17) is 4.74 Å². The van der Waals surface area contributed by atoms with E-state index in [2.05, 4.69) is 16.0 Å². The highest BCUT2D eigenvalue weighted by molar-refractivity contribution is 5.90. The maximum absolute atomic E-state index is 14.4. The molecule has 4 N–H and O–H groups in total. The van der Waals surface area contributed by atoms with E-state index in [1.165, 1.54) is 19.2 Å². The predicted molar refractivity (Wildman–Crippen MR) is 97.3 cm³/mol. The summed E-state index contributed by atoms with van der Waals surface area (Å²) in [6.07, 6.45) is 0. The molecule has 148 valence electrons. The number of carbonyl (C=O) groups is 2. The van der Waals surface area contributed by atoms with Gasteiger partial charge in [0, 0.05) is 48.5 Å². The Morgan fingerprint density at radius 2 is 2.00 bits per heavy atom. The minimum atomic E-state index is -0.840. The summed E-state index contributed by atoms with van der Waals surface area (Å²) in [5.74, 6) is -3.63. The highest BCUT2D eigenvalue weighted by Gasteiger charge is 2.39. The van der Waals surface area contributed by atoms with Crippen molar-refractivity contribution in [3.8, 4) is 11.5 Å². The number of urea groups is 1. The van der Waals surface area contributed by atoms with Crippen molar-refractivity contribution >= 4 is 17.6 Å². The summed E-state index contributed by atoms with van der Waals surface area (Å²) in [7, 11) is 1.30. The van der Waals surface area contributed by atoms with E-state index in [1.54, 1.807) is 12.1 Å². The summed E-state index contributed by atoms with van der Waals surface area (Å²) in [5.41, 5.74) is 0.136. The third-order valence-electron chi connectivity index (χ3n) is 4.56. The third kappa shape index (κ3) is 4.13. The van der Waals surface area contributed by atoms with Crippen LogP contribution in [0.4, 0.5) is 19.3 Å². The first-order valence-electron chi connectivity index (χ1n) is 8.53. The fourth-order valence-electron chi connectivity index (χ4n) is 3.20. The molecule has 3 rings (SSSR count). The molecule has 3 amide bonds. The van der Waals surface area contributed by atoms with Gasteiger partial charge < -0.3 is 25.8 Å². The van der Waals surface area contributed by atoms with Crippen molar-refractivity contribution in [1.82, 2.24) is 10.6 Å². The van der Waals surface area contributed by atoms with Gasteiger partial charge in [0.15, 0.2) is 0 Å². The molecular weight excluding hydrogens is 372 g/mol. The Bertz CT molecular complexity index is 883. The number of hydrogen-bond donors (Lipinski definition) is 4. The van der Waals surface area contributed by atoms with Crippen LogP contribution >= 0.6 is 0 Å². The first-order chi connectivity index (χ1) is 13.4. The zero-order chi connectivity index (χ0) is 20.3. The van der Waals surface area contributed by atoms with E-state index in [1.807, 2.05) is 0 Å². The van der Waals surface area contributed by atoms with E-state index in [0.29, 0.717) is 5.69 Å². The summed E-state index contributed by atoms with van der Waals surface area (Å²) >= 11 is 0. The molecule has 1 aliphatic rings. The molecule has 0 bridgehead atoms. The summed E-state index contributed by atoms with van der Waals surface area (Å²) in [4.78, 5) is 24.2. The molecule has 1 unspecified atom stereocenters. The predicted octanol–water partition coefficient (Wildman–Crippen LogP) is 2.33. The number of hydrogen-bond acceptors (Lipinski definition) is 4. The van der Waals surface area contributed by atoms with E-state index >= 15 is 0 Å². The SMILES string of the molecule is COc1cc(F)c([C@@H]2CNC(=O)C2CNC(=O)Nc2cccc(O)c2)c(F)c1. The summed E-state index contributed by atoms with van der Waals surface area (Å²) in [5, 5.41) is 17.0. The van der Waals surface area contributed by atoms with Crippen LogP contribution in [0, 0.1) is 17.6 Å². The molecule has 0 saturated carbocycles. The maximum Gasteiger partial charge on any atom is 0.319 e. The smallest absolute Gasteiger partial charge is 0.319 e. The number of amides is 3. The van der Waals surface area contributed by atoms with Crippen molar-refractivity contribution in [3.63, 3.8) is 0 Å². The Labute approximate surface area is 159 Å². The van der Waals surface area contributed by atoms with Crippen molar-refractivity contribution in [3.05, 3.63) is 53.6 Å². The van der Waals surface area contributed by atoms with Crippen LogP contribution in [0.1, 0.15) is 11.5 Å². The molecule has 1 aliphatic heterocycles. The maximum atomic E-state index is 14.4. The first-order valence-corrected chi connectivity index (χ1v) is 8.53. The molecule has 1 saturated heterocycles. The van der Waals surface area contributed by atoms with Crippen LogP contribution < -0.4 is 20.7 Å². The Morgan fingerprint density at radius 3 is 2.64 bits per heavy atom. The lowest BCUT2D eigenvalue weighted by Crippen LogP contribution is -2.37. The molecule has 0 spiro atoms. The zero-order valence-electron chi connectivity index (χ0n) is 15.0. The average molecular weight is 391 g/mol. The number of halogens is 2. The summed E-state index contributed by atoms with van der Waals surface area (Å²) in [6.45, 7) is -0.0639. The molecule has 2 aromatic carbocycles. The second kappa shape index (κ2) is 8.12. The van der Waals surface area contributed by atoms with Crippen LogP contribution in [0.2, 0.25) is 0 Å². The Kier molecular flexibility index (Phi) is 5.62. The van der Waals surface area contributed by atoms with E-state index < -0.39 is 35.4 Å². The van der Waals surface area contributed by atoms with Crippen LogP contribution in [0.25, 0.3) is 0 Å². The first kappa shape index (κ1) is 19.4. The van der Waals surface area contributed by atoms with Gasteiger partial charge in [0.1, 0.15) is 23.1 Å². The summed E-state index contributed by atoms with van der Waals surface area (Å²) in [6, 6.07) is 7.44. The van der Waals surface area contributed by atoms with Gasteiger partial charge in [-0.15, -0.1) is 0 Å². The third-order valence-corrected chi connectivity index (χ3v) is 4.56. The standard InChI is InChI=1S/C19H19F2N3O4/c1-28-12-6-15(20)17(16(21)7-12)13-8-22-18(26)14(13)9-23-19(27)24-10-3-2-4-11(25)5-10/h2-7,13-14,25H,8-9H2,1H3,(H,22,26)(H2,23,24,27)/t13-,14?/m1/s1.